The molecule has 8 unspecified atom stereocenters. The third-order valence-corrected chi connectivity index (χ3v) is 14.7. The number of hydrogen-bond donors (Lipinski definition) is 10. The van der Waals surface area contributed by atoms with Crippen LogP contribution in [0.4, 0.5) is 0 Å². The summed E-state index contributed by atoms with van der Waals surface area (Å²) < 4.78 is 0. The first-order chi connectivity index (χ1) is 23.6. The van der Waals surface area contributed by atoms with Crippen molar-refractivity contribution in [3.05, 3.63) is 24.3 Å². The third kappa shape index (κ3) is 6.10. The van der Waals surface area contributed by atoms with Gasteiger partial charge in [0.1, 0.15) is 0 Å². The number of hydrogen-bond acceptors (Lipinski definition) is 10. The van der Waals surface area contributed by atoms with Gasteiger partial charge < -0.3 is 10.2 Å². The van der Waals surface area contributed by atoms with Crippen LogP contribution in [-0.4, -0.2) is 59.5 Å². The van der Waals surface area contributed by atoms with Crippen LogP contribution in [0.3, 0.4) is 0 Å². The molecule has 266 valence electrons. The molecular weight excluding hydrogens is 600 g/mol. The van der Waals surface area contributed by atoms with Crippen molar-refractivity contribution in [3.63, 3.8) is 0 Å². The van der Waals surface area contributed by atoms with Crippen molar-refractivity contribution in [2.24, 2.45) is 47.3 Å². The molecule has 10 nitrogen and oxygen atoms in total. The van der Waals surface area contributed by atoms with Gasteiger partial charge in [-0.05, 0) is 111 Å². The molecule has 0 aromatic heterocycles. The van der Waals surface area contributed by atoms with Crippen LogP contribution in [0.1, 0.15) is 103 Å². The molecule has 9 fully saturated rings. The van der Waals surface area contributed by atoms with Crippen LogP contribution in [0.5, 0.6) is 11.5 Å². The van der Waals surface area contributed by atoms with Crippen molar-refractivity contribution in [2.75, 3.05) is 0 Å². The number of phenols is 2. The van der Waals surface area contributed by atoms with E-state index in [9.17, 15) is 0 Å². The maximum atomic E-state index is 8.67. The van der Waals surface area contributed by atoms with Gasteiger partial charge in [-0.2, -0.15) is 0 Å². The van der Waals surface area contributed by atoms with Gasteiger partial charge in [0.25, 0.3) is 0 Å². The summed E-state index contributed by atoms with van der Waals surface area (Å²) in [5, 5.41) is 51.1. The van der Waals surface area contributed by atoms with Gasteiger partial charge in [0, 0.05) is 0 Å². The fourth-order valence-corrected chi connectivity index (χ4v) is 12.4. The summed E-state index contributed by atoms with van der Waals surface area (Å²) in [6.45, 7) is 0. The number of para-hydroxylation sites is 2. The van der Waals surface area contributed by atoms with E-state index >= 15 is 0 Å². The zero-order valence-corrected chi connectivity index (χ0v) is 28.8. The molecule has 8 atom stereocenters. The molecule has 0 amide bonds. The highest BCUT2D eigenvalue weighted by molar-refractivity contribution is 5.36. The summed E-state index contributed by atoms with van der Waals surface area (Å²) in [5.41, 5.74) is 0. The van der Waals surface area contributed by atoms with E-state index in [4.69, 9.17) is 10.2 Å². The Morgan fingerprint density at radius 1 is 0.312 bits per heavy atom. The molecule has 9 aliphatic rings. The molecule has 10 rings (SSSR count). The Balaban J connectivity index is 0.000000347. The van der Waals surface area contributed by atoms with Crippen LogP contribution in [-0.2, 0) is 0 Å². The van der Waals surface area contributed by atoms with Gasteiger partial charge in [-0.1, -0.05) is 63.5 Å². The average molecular weight is 663 g/mol. The predicted octanol–water partition coefficient (Wildman–Crippen LogP) is 3.70. The summed E-state index contributed by atoms with van der Waals surface area (Å²) in [7, 11) is 0. The number of phenolic OH excluding ortho intramolecular Hbond substituents is 2. The Morgan fingerprint density at radius 3 is 0.625 bits per heavy atom. The molecule has 0 spiro atoms. The quantitative estimate of drug-likeness (QED) is 0.187. The molecule has 8 bridgehead atoms. The second-order valence-electron chi connectivity index (χ2n) is 17.1. The normalized spacial score (nSPS) is 49.5. The molecule has 10 N–H and O–H groups in total. The lowest BCUT2D eigenvalue weighted by Gasteiger charge is -2.35. The van der Waals surface area contributed by atoms with E-state index in [0.29, 0.717) is 49.3 Å². The maximum absolute atomic E-state index is 8.67. The highest BCUT2D eigenvalue weighted by atomic mass is 16.3. The van der Waals surface area contributed by atoms with Crippen LogP contribution >= 0.6 is 0 Å². The van der Waals surface area contributed by atoms with E-state index in [0.717, 1.165) is 47.3 Å². The van der Waals surface area contributed by atoms with Crippen LogP contribution in [0.15, 0.2) is 24.3 Å². The minimum atomic E-state index is -0.0764. The van der Waals surface area contributed by atoms with Gasteiger partial charge in [-0.3, -0.25) is 42.5 Å². The Bertz CT molecular complexity index is 1030. The van der Waals surface area contributed by atoms with E-state index in [1.54, 1.807) is 12.1 Å². The molecule has 5 aliphatic heterocycles. The Hall–Kier alpha value is -1.50. The number of benzene rings is 1. The Morgan fingerprint density at radius 2 is 0.479 bits per heavy atom. The minimum absolute atomic E-state index is 0.0764. The summed E-state index contributed by atoms with van der Waals surface area (Å²) in [5.74, 6) is 5.82. The van der Waals surface area contributed by atoms with E-state index in [1.807, 2.05) is 0 Å². The summed E-state index contributed by atoms with van der Waals surface area (Å²) in [4.78, 5) is 0. The smallest absolute Gasteiger partial charge is 0.157 e. The molecule has 0 radical (unpaired) electrons. The molecular formula is C38H62N8O2. The fourth-order valence-electron chi connectivity index (χ4n) is 12.4. The molecule has 1 aromatic carbocycles. The molecule has 4 saturated carbocycles. The first kappa shape index (κ1) is 32.4. The minimum Gasteiger partial charge on any atom is -0.504 e. The molecule has 5 saturated heterocycles. The van der Waals surface area contributed by atoms with Crippen molar-refractivity contribution in [1.82, 2.24) is 42.5 Å². The van der Waals surface area contributed by atoms with Gasteiger partial charge in [0.15, 0.2) is 11.5 Å². The van der Waals surface area contributed by atoms with Crippen LogP contribution in [0, 0.1) is 47.3 Å². The highest BCUT2D eigenvalue weighted by Gasteiger charge is 2.54. The van der Waals surface area contributed by atoms with Crippen LogP contribution < -0.4 is 42.5 Å². The largest absolute Gasteiger partial charge is 0.504 e. The first-order valence-corrected chi connectivity index (χ1v) is 20.2. The van der Waals surface area contributed by atoms with Crippen molar-refractivity contribution < 1.29 is 10.2 Å². The lowest BCUT2D eigenvalue weighted by molar-refractivity contribution is 0.167. The van der Waals surface area contributed by atoms with Gasteiger partial charge in [-0.15, -0.1) is 0 Å². The van der Waals surface area contributed by atoms with E-state index < -0.39 is 0 Å². The maximum Gasteiger partial charge on any atom is 0.157 e. The van der Waals surface area contributed by atoms with Gasteiger partial charge in [0.2, 0.25) is 0 Å². The van der Waals surface area contributed by atoms with Gasteiger partial charge in [-0.25, -0.2) is 0 Å². The average Bonchev–Trinajstić information content (AvgIpc) is 3.86. The van der Waals surface area contributed by atoms with Crippen LogP contribution in [0.25, 0.3) is 0 Å². The van der Waals surface area contributed by atoms with Crippen molar-refractivity contribution in [1.29, 1.82) is 0 Å². The molecule has 4 aliphatic carbocycles. The lowest BCUT2D eigenvalue weighted by Crippen LogP contribution is -2.61. The Kier molecular flexibility index (Phi) is 9.39. The number of rotatable bonds is 0. The summed E-state index contributed by atoms with van der Waals surface area (Å²) in [6, 6.07) is 6.15. The number of fused-ring (bicyclic) bond motifs is 20. The fraction of sp³-hybridized carbons (Fsp3) is 0.842. The van der Waals surface area contributed by atoms with E-state index in [2.05, 4.69) is 42.5 Å². The van der Waals surface area contributed by atoms with Crippen molar-refractivity contribution in [2.45, 2.75) is 152 Å². The standard InChI is InChI=1S/C32H56N8.C6H6O2/c1-2-10-18-17(9-1)25-33-26(18)38-28-21-13-5-6-14-22(21)30(35-28)40-32-24-16-8-7-15-23(24)31(36-32)39-29-20-12-4-3-11-19(20)27(34-29)37-25;7-5-3-1-2-4-6(5)8/h17-40H,1-16H2;1-4,7-8H. The molecule has 10 heteroatoms. The van der Waals surface area contributed by atoms with Gasteiger partial charge in [0.05, 0.1) is 49.3 Å². The second-order valence-corrected chi connectivity index (χ2v) is 17.1. The molecule has 5 heterocycles. The van der Waals surface area contributed by atoms with Crippen molar-refractivity contribution in [3.8, 4) is 11.5 Å². The van der Waals surface area contributed by atoms with E-state index in [1.165, 1.54) is 115 Å². The Labute approximate surface area is 287 Å². The number of aromatic hydroxyl groups is 2. The van der Waals surface area contributed by atoms with Crippen LogP contribution in [0.2, 0.25) is 0 Å². The predicted molar refractivity (Wildman–Crippen MR) is 187 cm³/mol. The zero-order chi connectivity index (χ0) is 32.2. The lowest BCUT2D eigenvalue weighted by atomic mass is 9.76. The second kappa shape index (κ2) is 13.9. The first-order valence-electron chi connectivity index (χ1n) is 20.2. The molecule has 48 heavy (non-hydrogen) atoms. The monoisotopic (exact) mass is 662 g/mol. The SMILES string of the molecule is C1CCC2C3NC(NC4NC(NC5NC(NC6NC(N3)C3CCCCC63)C3CCCCC53)C3CCCCC43)C2C1.Oc1ccccc1O. The van der Waals surface area contributed by atoms with Gasteiger partial charge >= 0.3 is 0 Å². The molecule has 1 aromatic rings. The topological polar surface area (TPSA) is 137 Å². The highest BCUT2D eigenvalue weighted by Crippen LogP contribution is 2.45. The number of nitrogens with one attached hydrogen (secondary N) is 8. The van der Waals surface area contributed by atoms with E-state index in [-0.39, 0.29) is 11.5 Å². The summed E-state index contributed by atoms with van der Waals surface area (Å²) >= 11 is 0. The third-order valence-electron chi connectivity index (χ3n) is 14.7. The van der Waals surface area contributed by atoms with Crippen molar-refractivity contribution >= 4 is 0 Å². The zero-order valence-electron chi connectivity index (χ0n) is 28.8. The summed E-state index contributed by atoms with van der Waals surface area (Å²) in [6.07, 6.45) is 25.6.